The minimum Gasteiger partial charge on any atom is -0.0622 e. The van der Waals surface area contributed by atoms with Crippen molar-refractivity contribution >= 4 is 17.0 Å². The molecule has 32 heavy (non-hydrogen) atoms. The largest absolute Gasteiger partial charge is 0.245 e. The molecule has 0 bridgehead atoms. The Morgan fingerprint density at radius 3 is 2.09 bits per heavy atom. The maximum absolute atomic E-state index is 4.84. The van der Waals surface area contributed by atoms with E-state index in [0.717, 1.165) is 33.3 Å². The first-order chi connectivity index (χ1) is 15.9. The third kappa shape index (κ3) is 4.33. The fourth-order valence-electron chi connectivity index (χ4n) is 3.60. The molecule has 1 heterocycles. The van der Waals surface area contributed by atoms with E-state index in [1.807, 2.05) is 89.8 Å². The predicted molar refractivity (Wildman–Crippen MR) is 131 cm³/mol. The molecule has 0 saturated heterocycles. The highest BCUT2D eigenvalue weighted by molar-refractivity contribution is 5.85. The second kappa shape index (κ2) is 9.12. The summed E-state index contributed by atoms with van der Waals surface area (Å²) in [6.07, 6.45) is 3.96. The van der Waals surface area contributed by atoms with Gasteiger partial charge in [-0.2, -0.15) is 0 Å². The molecule has 0 unspecified atom stereocenters. The minimum absolute atomic E-state index is 0.947. The van der Waals surface area contributed by atoms with Crippen molar-refractivity contribution in [2.24, 2.45) is 5.10 Å². The van der Waals surface area contributed by atoms with Gasteiger partial charge in [0.25, 0.3) is 0 Å². The minimum atomic E-state index is 0.947. The quantitative estimate of drug-likeness (QED) is 0.195. The van der Waals surface area contributed by atoms with Gasteiger partial charge >= 0.3 is 0 Å². The van der Waals surface area contributed by atoms with Crippen molar-refractivity contribution in [1.29, 1.82) is 0 Å². The van der Waals surface area contributed by atoms with Crippen molar-refractivity contribution in [2.75, 3.05) is 0 Å². The second-order valence-electron chi connectivity index (χ2n) is 7.45. The highest BCUT2D eigenvalue weighted by atomic mass is 15.3. The van der Waals surface area contributed by atoms with Crippen LogP contribution in [0.1, 0.15) is 16.7 Å². The molecule has 0 aliphatic heterocycles. The van der Waals surface area contributed by atoms with Gasteiger partial charge in [-0.05, 0) is 46.9 Å². The summed E-state index contributed by atoms with van der Waals surface area (Å²) in [6, 6.07) is 39.0. The summed E-state index contributed by atoms with van der Waals surface area (Å²) in [4.78, 5) is 0. The van der Waals surface area contributed by atoms with E-state index in [2.05, 4.69) is 54.4 Å². The van der Waals surface area contributed by atoms with Crippen LogP contribution in [0.25, 0.3) is 22.0 Å². The van der Waals surface area contributed by atoms with Crippen molar-refractivity contribution in [1.82, 2.24) is 0 Å². The summed E-state index contributed by atoms with van der Waals surface area (Å²) in [7, 11) is 0. The molecule has 0 aliphatic rings. The highest BCUT2D eigenvalue weighted by Gasteiger charge is 2.15. The number of benzene rings is 4. The van der Waals surface area contributed by atoms with Crippen LogP contribution in [0.2, 0.25) is 0 Å². The summed E-state index contributed by atoms with van der Waals surface area (Å²) >= 11 is 0. The first-order valence-electron chi connectivity index (χ1n) is 10.6. The molecule has 0 spiro atoms. The average Bonchev–Trinajstić information content (AvgIpc) is 2.87. The van der Waals surface area contributed by atoms with E-state index in [9.17, 15) is 0 Å². The fourth-order valence-corrected chi connectivity index (χ4v) is 3.60. The lowest BCUT2D eigenvalue weighted by atomic mass is 10.1. The number of nitrogens with zero attached hydrogens (tertiary/aromatic N) is 2. The molecule has 5 aromatic rings. The SMILES string of the molecule is C(#Cc1ccccc1/C=N/[n+]1cc2ccccc2cc1-c1ccccc1)c1ccccc1. The lowest BCUT2D eigenvalue weighted by Gasteiger charge is -2.02. The molecule has 0 atom stereocenters. The molecule has 0 N–H and O–H groups in total. The van der Waals surface area contributed by atoms with Crippen molar-refractivity contribution in [2.45, 2.75) is 0 Å². The van der Waals surface area contributed by atoms with Crippen LogP contribution >= 0.6 is 0 Å². The second-order valence-corrected chi connectivity index (χ2v) is 7.45. The number of fused-ring (bicyclic) bond motifs is 1. The normalized spacial score (nSPS) is 10.8. The van der Waals surface area contributed by atoms with Gasteiger partial charge in [-0.1, -0.05) is 89.3 Å². The van der Waals surface area contributed by atoms with Crippen LogP contribution in [-0.4, -0.2) is 6.21 Å². The Kier molecular flexibility index (Phi) is 5.55. The molecule has 0 amide bonds. The molecule has 0 aliphatic carbocycles. The van der Waals surface area contributed by atoms with Crippen molar-refractivity contribution < 1.29 is 4.68 Å². The van der Waals surface area contributed by atoms with Crippen molar-refractivity contribution in [3.63, 3.8) is 0 Å². The van der Waals surface area contributed by atoms with Crippen LogP contribution < -0.4 is 4.68 Å². The molecule has 5 rings (SSSR count). The van der Waals surface area contributed by atoms with Gasteiger partial charge in [0.15, 0.2) is 0 Å². The summed E-state index contributed by atoms with van der Waals surface area (Å²) in [5.41, 5.74) is 5.08. The summed E-state index contributed by atoms with van der Waals surface area (Å²) in [5.74, 6) is 6.53. The third-order valence-corrected chi connectivity index (χ3v) is 5.26. The first-order valence-corrected chi connectivity index (χ1v) is 10.6. The van der Waals surface area contributed by atoms with Gasteiger partial charge in [0.05, 0.1) is 0 Å². The Hall–Kier alpha value is -4.48. The van der Waals surface area contributed by atoms with Crippen LogP contribution in [0, 0.1) is 11.8 Å². The molecular formula is C30H21N2+. The van der Waals surface area contributed by atoms with Gasteiger partial charge < -0.3 is 0 Å². The van der Waals surface area contributed by atoms with Crippen LogP contribution in [0.15, 0.2) is 127 Å². The summed E-state index contributed by atoms with van der Waals surface area (Å²) in [6.45, 7) is 0. The Morgan fingerprint density at radius 2 is 1.28 bits per heavy atom. The molecule has 0 saturated carbocycles. The lowest BCUT2D eigenvalue weighted by molar-refractivity contribution is -0.665. The van der Waals surface area contributed by atoms with E-state index >= 15 is 0 Å². The van der Waals surface area contributed by atoms with E-state index in [1.54, 1.807) is 0 Å². The zero-order valence-electron chi connectivity index (χ0n) is 17.5. The van der Waals surface area contributed by atoms with E-state index in [1.165, 1.54) is 5.39 Å². The number of hydrogen-bond donors (Lipinski definition) is 0. The van der Waals surface area contributed by atoms with Crippen LogP contribution in [0.3, 0.4) is 0 Å². The summed E-state index contributed by atoms with van der Waals surface area (Å²) < 4.78 is 1.94. The van der Waals surface area contributed by atoms with Crippen molar-refractivity contribution in [3.05, 3.63) is 138 Å². The number of pyridine rings is 1. The number of hydrogen-bond acceptors (Lipinski definition) is 1. The number of rotatable bonds is 3. The molecule has 0 radical (unpaired) electrons. The van der Waals surface area contributed by atoms with Gasteiger partial charge in [0, 0.05) is 33.7 Å². The molecule has 150 valence electrons. The maximum atomic E-state index is 4.84. The van der Waals surface area contributed by atoms with Crippen molar-refractivity contribution in [3.8, 4) is 23.1 Å². The van der Waals surface area contributed by atoms with Crippen LogP contribution in [0.4, 0.5) is 0 Å². The zero-order valence-corrected chi connectivity index (χ0v) is 17.5. The standard InChI is InChI=1S/C30H21N2/c1-3-11-24(12-4-1)19-20-25-13-7-9-17-28(25)22-31-32-23-29-18-10-8-16-27(29)21-30(32)26-14-5-2-6-15-26/h1-18,21-23H/q+1/b31-22+. The lowest BCUT2D eigenvalue weighted by Crippen LogP contribution is -2.30. The van der Waals surface area contributed by atoms with E-state index in [-0.39, 0.29) is 0 Å². The topological polar surface area (TPSA) is 16.2 Å². The maximum Gasteiger partial charge on any atom is 0.245 e. The van der Waals surface area contributed by atoms with Gasteiger partial charge in [-0.25, -0.2) is 0 Å². The number of aromatic nitrogens is 1. The van der Waals surface area contributed by atoms with Gasteiger partial charge in [-0.15, -0.1) is 0 Å². The van der Waals surface area contributed by atoms with E-state index < -0.39 is 0 Å². The third-order valence-electron chi connectivity index (χ3n) is 5.26. The first kappa shape index (κ1) is 19.5. The van der Waals surface area contributed by atoms with Gasteiger partial charge in [-0.3, -0.25) is 0 Å². The fraction of sp³-hybridized carbons (Fsp3) is 0. The Labute approximate surface area is 188 Å². The van der Waals surface area contributed by atoms with E-state index in [4.69, 9.17) is 5.10 Å². The molecule has 0 fully saturated rings. The molecule has 2 nitrogen and oxygen atoms in total. The molecule has 4 aromatic carbocycles. The zero-order chi connectivity index (χ0) is 21.6. The molecule has 1 aromatic heterocycles. The molecular weight excluding hydrogens is 388 g/mol. The van der Waals surface area contributed by atoms with Crippen LogP contribution in [0.5, 0.6) is 0 Å². The smallest absolute Gasteiger partial charge is 0.0622 e. The van der Waals surface area contributed by atoms with E-state index in [0.29, 0.717) is 0 Å². The average molecular weight is 410 g/mol. The van der Waals surface area contributed by atoms with Gasteiger partial charge in [0.2, 0.25) is 11.9 Å². The molecule has 2 heteroatoms. The monoisotopic (exact) mass is 409 g/mol. The van der Waals surface area contributed by atoms with Crippen LogP contribution in [-0.2, 0) is 0 Å². The Bertz CT molecular complexity index is 1460. The summed E-state index contributed by atoms with van der Waals surface area (Å²) in [5, 5.41) is 7.17. The Morgan fingerprint density at radius 1 is 0.625 bits per heavy atom. The predicted octanol–water partition coefficient (Wildman–Crippen LogP) is 6.08. The van der Waals surface area contributed by atoms with Gasteiger partial charge in [0.1, 0.15) is 6.21 Å². The highest BCUT2D eigenvalue weighted by Crippen LogP contribution is 2.20. The Balaban J connectivity index is 1.57.